The molecule has 0 spiro atoms. The van der Waals surface area contributed by atoms with Crippen LogP contribution in [0.3, 0.4) is 0 Å². The van der Waals surface area contributed by atoms with Crippen molar-refractivity contribution in [2.45, 2.75) is 25.3 Å². The maximum Gasteiger partial charge on any atom is 0.328 e. The van der Waals surface area contributed by atoms with Crippen molar-refractivity contribution in [3.63, 3.8) is 0 Å². The number of hydrogen-bond acceptors (Lipinski definition) is 6. The van der Waals surface area contributed by atoms with E-state index < -0.39 is 12.0 Å². The number of hydrogen-bond donors (Lipinski definition) is 1. The molecule has 2 aromatic rings. The van der Waals surface area contributed by atoms with E-state index in [-0.39, 0.29) is 5.91 Å². The second kappa shape index (κ2) is 8.88. The molecule has 0 saturated carbocycles. The van der Waals surface area contributed by atoms with Crippen LogP contribution in [0.2, 0.25) is 0 Å². The first-order valence-corrected chi connectivity index (χ1v) is 9.55. The molecule has 0 saturated heterocycles. The molecule has 0 aliphatic carbocycles. The fourth-order valence-corrected chi connectivity index (χ4v) is 3.58. The first-order valence-electron chi connectivity index (χ1n) is 7.34. The van der Waals surface area contributed by atoms with Crippen LogP contribution in [0.5, 0.6) is 0 Å². The van der Waals surface area contributed by atoms with Gasteiger partial charge in [-0.2, -0.15) is 11.8 Å². The summed E-state index contributed by atoms with van der Waals surface area (Å²) in [6.07, 6.45) is 3.41. The van der Waals surface area contributed by atoms with Crippen molar-refractivity contribution in [3.8, 4) is 0 Å². The number of ether oxygens (including phenoxy) is 1. The lowest BCUT2D eigenvalue weighted by Crippen LogP contribution is -2.42. The molecule has 0 unspecified atom stereocenters. The van der Waals surface area contributed by atoms with E-state index in [0.29, 0.717) is 19.3 Å². The smallest absolute Gasteiger partial charge is 0.328 e. The lowest BCUT2D eigenvalue weighted by molar-refractivity contribution is -0.145. The number of fused-ring (bicyclic) bond motifs is 1. The third-order valence-electron chi connectivity index (χ3n) is 3.34. The molecular formula is C16H20N2O3S2. The summed E-state index contributed by atoms with van der Waals surface area (Å²) >= 11 is 3.23. The van der Waals surface area contributed by atoms with Crippen molar-refractivity contribution in [2.24, 2.45) is 0 Å². The highest BCUT2D eigenvalue weighted by Gasteiger charge is 2.21. The van der Waals surface area contributed by atoms with E-state index in [4.69, 9.17) is 4.74 Å². The van der Waals surface area contributed by atoms with Gasteiger partial charge < -0.3 is 10.1 Å². The van der Waals surface area contributed by atoms with Crippen LogP contribution in [0.25, 0.3) is 10.2 Å². The maximum absolute atomic E-state index is 12.1. The molecule has 5 nitrogen and oxygen atoms in total. The van der Waals surface area contributed by atoms with Gasteiger partial charge in [0.25, 0.3) is 0 Å². The Morgan fingerprint density at radius 3 is 2.87 bits per heavy atom. The Hall–Kier alpha value is -1.60. The molecule has 0 fully saturated rings. The monoisotopic (exact) mass is 352 g/mol. The van der Waals surface area contributed by atoms with Crippen LogP contribution in [0.4, 0.5) is 0 Å². The highest BCUT2D eigenvalue weighted by molar-refractivity contribution is 7.98. The van der Waals surface area contributed by atoms with Crippen LogP contribution >= 0.6 is 23.1 Å². The molecule has 0 bridgehead atoms. The molecule has 1 atom stereocenters. The van der Waals surface area contributed by atoms with Gasteiger partial charge in [0.15, 0.2) is 0 Å². The van der Waals surface area contributed by atoms with Crippen LogP contribution in [-0.4, -0.2) is 42.0 Å². The summed E-state index contributed by atoms with van der Waals surface area (Å²) in [6.45, 7) is 0. The number of carbonyl (C=O) groups is 2. The molecule has 1 aromatic heterocycles. The van der Waals surface area contributed by atoms with E-state index in [1.165, 1.54) is 7.11 Å². The number of methoxy groups -OCH3 is 1. The summed E-state index contributed by atoms with van der Waals surface area (Å²) in [6, 6.07) is 7.34. The summed E-state index contributed by atoms with van der Waals surface area (Å²) in [4.78, 5) is 28.3. The second-order valence-corrected chi connectivity index (χ2v) is 7.10. The predicted molar refractivity (Wildman–Crippen MR) is 94.9 cm³/mol. The van der Waals surface area contributed by atoms with Crippen LogP contribution in [0.15, 0.2) is 24.3 Å². The standard InChI is InChI=1S/C16H20N2O3S2/c1-21-16(20)12(9-10-22-2)17-14(19)7-8-15-18-11-5-3-4-6-13(11)23-15/h3-6,12H,7-10H2,1-2H3,(H,17,19)/t12-/m0/s1. The molecule has 1 aromatic carbocycles. The average molecular weight is 352 g/mol. The first-order chi connectivity index (χ1) is 11.1. The molecule has 23 heavy (non-hydrogen) atoms. The average Bonchev–Trinajstić information content (AvgIpc) is 2.99. The quantitative estimate of drug-likeness (QED) is 0.740. The van der Waals surface area contributed by atoms with Crippen molar-refractivity contribution >= 4 is 45.2 Å². The van der Waals surface area contributed by atoms with Gasteiger partial charge in [0.1, 0.15) is 6.04 Å². The number of carbonyl (C=O) groups excluding carboxylic acids is 2. The summed E-state index contributed by atoms with van der Waals surface area (Å²) in [5.74, 6) is 0.242. The molecule has 124 valence electrons. The van der Waals surface area contributed by atoms with Crippen molar-refractivity contribution in [1.82, 2.24) is 10.3 Å². The molecular weight excluding hydrogens is 332 g/mol. The van der Waals surface area contributed by atoms with E-state index in [2.05, 4.69) is 10.3 Å². The Labute approximate surface area is 143 Å². The third-order valence-corrected chi connectivity index (χ3v) is 5.08. The number of esters is 1. The Morgan fingerprint density at radius 1 is 1.39 bits per heavy atom. The fraction of sp³-hybridized carbons (Fsp3) is 0.438. The number of thiazole rings is 1. The predicted octanol–water partition coefficient (Wildman–Crippen LogP) is 2.64. The number of nitrogens with zero attached hydrogens (tertiary/aromatic N) is 1. The first kappa shape index (κ1) is 17.7. The van der Waals surface area contributed by atoms with Gasteiger partial charge in [0.05, 0.1) is 22.3 Å². The Morgan fingerprint density at radius 2 is 2.17 bits per heavy atom. The second-order valence-electron chi connectivity index (χ2n) is 5.00. The maximum atomic E-state index is 12.1. The molecule has 1 N–H and O–H groups in total. The van der Waals surface area contributed by atoms with Gasteiger partial charge in [-0.15, -0.1) is 11.3 Å². The lowest BCUT2D eigenvalue weighted by atomic mass is 10.2. The van der Waals surface area contributed by atoms with Gasteiger partial charge in [-0.25, -0.2) is 9.78 Å². The molecule has 1 amide bonds. The number of benzene rings is 1. The Kier molecular flexibility index (Phi) is 6.85. The number of aryl methyl sites for hydroxylation is 1. The SMILES string of the molecule is COC(=O)[C@H](CCSC)NC(=O)CCc1nc2ccccc2s1. The van der Waals surface area contributed by atoms with Crippen molar-refractivity contribution in [3.05, 3.63) is 29.3 Å². The highest BCUT2D eigenvalue weighted by atomic mass is 32.2. The zero-order chi connectivity index (χ0) is 16.7. The number of thioether (sulfide) groups is 1. The summed E-state index contributed by atoms with van der Waals surface area (Å²) in [5.41, 5.74) is 0.959. The number of para-hydroxylation sites is 1. The number of nitrogens with one attached hydrogen (secondary N) is 1. The number of rotatable bonds is 8. The molecule has 0 aliphatic rings. The molecule has 0 aliphatic heterocycles. The van der Waals surface area contributed by atoms with Gasteiger partial charge in [0, 0.05) is 12.8 Å². The summed E-state index contributed by atoms with van der Waals surface area (Å²) in [5, 5.41) is 3.69. The van der Waals surface area contributed by atoms with Gasteiger partial charge in [-0.05, 0) is 30.6 Å². The molecule has 2 rings (SSSR count). The topological polar surface area (TPSA) is 68.3 Å². The summed E-state index contributed by atoms with van der Waals surface area (Å²) < 4.78 is 5.86. The number of amides is 1. The van der Waals surface area contributed by atoms with E-state index in [1.807, 2.05) is 30.5 Å². The van der Waals surface area contributed by atoms with Gasteiger partial charge >= 0.3 is 5.97 Å². The minimum atomic E-state index is -0.574. The summed E-state index contributed by atoms with van der Waals surface area (Å²) in [7, 11) is 1.34. The van der Waals surface area contributed by atoms with Crippen LogP contribution in [0, 0.1) is 0 Å². The lowest BCUT2D eigenvalue weighted by Gasteiger charge is -2.15. The minimum Gasteiger partial charge on any atom is -0.467 e. The highest BCUT2D eigenvalue weighted by Crippen LogP contribution is 2.22. The molecule has 1 heterocycles. The molecule has 7 heteroatoms. The van der Waals surface area contributed by atoms with E-state index in [0.717, 1.165) is 21.0 Å². The van der Waals surface area contributed by atoms with Crippen LogP contribution in [0.1, 0.15) is 17.8 Å². The van der Waals surface area contributed by atoms with Crippen molar-refractivity contribution in [2.75, 3.05) is 19.1 Å². The Bertz CT molecular complexity index is 639. The van der Waals surface area contributed by atoms with Crippen molar-refractivity contribution in [1.29, 1.82) is 0 Å². The zero-order valence-electron chi connectivity index (χ0n) is 13.2. The third kappa shape index (κ3) is 5.21. The minimum absolute atomic E-state index is 0.152. The Balaban J connectivity index is 1.88. The molecule has 0 radical (unpaired) electrons. The van der Waals surface area contributed by atoms with Gasteiger partial charge in [0.2, 0.25) is 5.91 Å². The van der Waals surface area contributed by atoms with E-state index in [9.17, 15) is 9.59 Å². The fourth-order valence-electron chi connectivity index (χ4n) is 2.14. The van der Waals surface area contributed by atoms with Gasteiger partial charge in [-0.3, -0.25) is 4.79 Å². The van der Waals surface area contributed by atoms with Crippen molar-refractivity contribution < 1.29 is 14.3 Å². The van der Waals surface area contributed by atoms with Gasteiger partial charge in [-0.1, -0.05) is 12.1 Å². The normalized spacial score (nSPS) is 12.1. The number of aromatic nitrogens is 1. The van der Waals surface area contributed by atoms with E-state index in [1.54, 1.807) is 23.1 Å². The van der Waals surface area contributed by atoms with Crippen LogP contribution < -0.4 is 5.32 Å². The van der Waals surface area contributed by atoms with Crippen LogP contribution in [-0.2, 0) is 20.7 Å². The van der Waals surface area contributed by atoms with E-state index >= 15 is 0 Å². The zero-order valence-corrected chi connectivity index (χ0v) is 14.8. The largest absolute Gasteiger partial charge is 0.467 e.